The SMILES string of the molecule is Cc1ccccc1CN1CCC[C@H](N2CCCC2)C1. The number of hydrogen-bond donors (Lipinski definition) is 0. The van der Waals surface area contributed by atoms with Crippen LogP contribution < -0.4 is 0 Å². The van der Waals surface area contributed by atoms with Crippen molar-refractivity contribution in [1.29, 1.82) is 0 Å². The van der Waals surface area contributed by atoms with Crippen LogP contribution in [0, 0.1) is 6.92 Å². The van der Waals surface area contributed by atoms with Crippen LogP contribution in [0.4, 0.5) is 0 Å². The Morgan fingerprint density at radius 3 is 2.63 bits per heavy atom. The van der Waals surface area contributed by atoms with Gasteiger partial charge in [0, 0.05) is 19.1 Å². The van der Waals surface area contributed by atoms with Crippen molar-refractivity contribution in [2.75, 3.05) is 26.2 Å². The van der Waals surface area contributed by atoms with Crippen molar-refractivity contribution in [2.45, 2.75) is 45.2 Å². The zero-order valence-corrected chi connectivity index (χ0v) is 12.1. The van der Waals surface area contributed by atoms with E-state index in [9.17, 15) is 0 Å². The van der Waals surface area contributed by atoms with E-state index >= 15 is 0 Å². The third-order valence-corrected chi connectivity index (χ3v) is 4.79. The number of piperidine rings is 1. The Bertz CT molecular complexity index is 409. The molecule has 0 amide bonds. The van der Waals surface area contributed by atoms with Gasteiger partial charge in [0.15, 0.2) is 0 Å². The predicted octanol–water partition coefficient (Wildman–Crippen LogP) is 3.06. The molecule has 1 atom stereocenters. The molecule has 0 N–H and O–H groups in total. The van der Waals surface area contributed by atoms with Crippen molar-refractivity contribution in [2.24, 2.45) is 0 Å². The van der Waals surface area contributed by atoms with Gasteiger partial charge in [0.05, 0.1) is 0 Å². The standard InChI is InChI=1S/C17H26N2/c1-15-7-2-3-8-16(15)13-18-10-6-9-17(14-18)19-11-4-5-12-19/h2-3,7-8,17H,4-6,9-14H2,1H3/t17-/m0/s1. The van der Waals surface area contributed by atoms with E-state index in [4.69, 9.17) is 0 Å². The van der Waals surface area contributed by atoms with E-state index in [0.717, 1.165) is 12.6 Å². The molecule has 0 unspecified atom stereocenters. The maximum atomic E-state index is 2.73. The van der Waals surface area contributed by atoms with Crippen LogP contribution in [0.1, 0.15) is 36.8 Å². The van der Waals surface area contributed by atoms with E-state index in [1.54, 1.807) is 0 Å². The quantitative estimate of drug-likeness (QED) is 0.822. The van der Waals surface area contributed by atoms with E-state index in [-0.39, 0.29) is 0 Å². The lowest BCUT2D eigenvalue weighted by Crippen LogP contribution is -2.46. The summed E-state index contributed by atoms with van der Waals surface area (Å²) in [6.07, 6.45) is 5.60. The highest BCUT2D eigenvalue weighted by Crippen LogP contribution is 2.22. The van der Waals surface area contributed by atoms with Gasteiger partial charge in [0.1, 0.15) is 0 Å². The fraction of sp³-hybridized carbons (Fsp3) is 0.647. The average Bonchev–Trinajstić information content (AvgIpc) is 2.96. The lowest BCUT2D eigenvalue weighted by molar-refractivity contribution is 0.110. The summed E-state index contributed by atoms with van der Waals surface area (Å²) in [5.74, 6) is 0. The molecule has 104 valence electrons. The van der Waals surface area contributed by atoms with Gasteiger partial charge in [-0.3, -0.25) is 9.80 Å². The summed E-state index contributed by atoms with van der Waals surface area (Å²) in [5.41, 5.74) is 2.94. The number of benzene rings is 1. The minimum Gasteiger partial charge on any atom is -0.299 e. The summed E-state index contributed by atoms with van der Waals surface area (Å²) in [5, 5.41) is 0. The van der Waals surface area contributed by atoms with Gasteiger partial charge in [0.2, 0.25) is 0 Å². The lowest BCUT2D eigenvalue weighted by Gasteiger charge is -2.37. The molecule has 0 saturated carbocycles. The zero-order valence-electron chi connectivity index (χ0n) is 12.1. The monoisotopic (exact) mass is 258 g/mol. The van der Waals surface area contributed by atoms with Crippen LogP contribution in [-0.2, 0) is 6.54 Å². The van der Waals surface area contributed by atoms with Crippen LogP contribution in [0.3, 0.4) is 0 Å². The minimum atomic E-state index is 0.820. The predicted molar refractivity (Wildman–Crippen MR) is 80.3 cm³/mol. The van der Waals surface area contributed by atoms with E-state index in [1.165, 1.54) is 63.0 Å². The van der Waals surface area contributed by atoms with Crippen molar-refractivity contribution < 1.29 is 0 Å². The summed E-state index contributed by atoms with van der Waals surface area (Å²) in [7, 11) is 0. The van der Waals surface area contributed by atoms with Crippen molar-refractivity contribution in [3.8, 4) is 0 Å². The highest BCUT2D eigenvalue weighted by atomic mass is 15.2. The maximum Gasteiger partial charge on any atom is 0.0237 e. The van der Waals surface area contributed by atoms with Crippen LogP contribution in [0.25, 0.3) is 0 Å². The Balaban J connectivity index is 1.60. The van der Waals surface area contributed by atoms with Crippen LogP contribution >= 0.6 is 0 Å². The van der Waals surface area contributed by atoms with Gasteiger partial charge < -0.3 is 0 Å². The molecule has 0 bridgehead atoms. The Morgan fingerprint density at radius 2 is 1.84 bits per heavy atom. The van der Waals surface area contributed by atoms with E-state index < -0.39 is 0 Å². The molecule has 2 aliphatic heterocycles. The number of hydrogen-bond acceptors (Lipinski definition) is 2. The molecule has 1 aromatic carbocycles. The summed E-state index contributed by atoms with van der Waals surface area (Å²) in [6, 6.07) is 9.65. The zero-order chi connectivity index (χ0) is 13.1. The Labute approximate surface area is 117 Å². The molecule has 0 radical (unpaired) electrons. The first-order chi connectivity index (χ1) is 9.33. The highest BCUT2D eigenvalue weighted by Gasteiger charge is 2.26. The molecule has 1 aromatic rings. The van der Waals surface area contributed by atoms with Crippen LogP contribution in [0.5, 0.6) is 0 Å². The normalized spacial score (nSPS) is 25.8. The van der Waals surface area contributed by atoms with Gasteiger partial charge in [-0.15, -0.1) is 0 Å². The van der Waals surface area contributed by atoms with Crippen LogP contribution in [0.15, 0.2) is 24.3 Å². The molecule has 2 heterocycles. The molecule has 2 heteroatoms. The number of aryl methyl sites for hydroxylation is 1. The maximum absolute atomic E-state index is 2.73. The second kappa shape index (κ2) is 6.06. The van der Waals surface area contributed by atoms with Gasteiger partial charge in [-0.2, -0.15) is 0 Å². The first-order valence-electron chi connectivity index (χ1n) is 7.84. The summed E-state index contributed by atoms with van der Waals surface area (Å²) in [4.78, 5) is 5.39. The summed E-state index contributed by atoms with van der Waals surface area (Å²) >= 11 is 0. The third kappa shape index (κ3) is 3.18. The van der Waals surface area contributed by atoms with E-state index in [1.807, 2.05) is 0 Å². The van der Waals surface area contributed by atoms with Crippen LogP contribution in [0.2, 0.25) is 0 Å². The first-order valence-corrected chi connectivity index (χ1v) is 7.84. The molecule has 2 nitrogen and oxygen atoms in total. The number of nitrogens with zero attached hydrogens (tertiary/aromatic N) is 2. The molecule has 19 heavy (non-hydrogen) atoms. The van der Waals surface area contributed by atoms with E-state index in [2.05, 4.69) is 41.0 Å². The molecule has 2 aliphatic rings. The summed E-state index contributed by atoms with van der Waals surface area (Å²) < 4.78 is 0. The Kier molecular flexibility index (Phi) is 4.19. The van der Waals surface area contributed by atoms with Gasteiger partial charge >= 0.3 is 0 Å². The molecule has 0 aliphatic carbocycles. The van der Waals surface area contributed by atoms with Gasteiger partial charge in [0.25, 0.3) is 0 Å². The average molecular weight is 258 g/mol. The fourth-order valence-electron chi connectivity index (χ4n) is 3.61. The minimum absolute atomic E-state index is 0.820. The number of rotatable bonds is 3. The van der Waals surface area contributed by atoms with Crippen molar-refractivity contribution >= 4 is 0 Å². The topological polar surface area (TPSA) is 6.48 Å². The molecular formula is C17H26N2. The van der Waals surface area contributed by atoms with Crippen LogP contribution in [-0.4, -0.2) is 42.0 Å². The third-order valence-electron chi connectivity index (χ3n) is 4.79. The highest BCUT2D eigenvalue weighted by molar-refractivity contribution is 5.25. The van der Waals surface area contributed by atoms with Gasteiger partial charge in [-0.05, 0) is 63.4 Å². The Morgan fingerprint density at radius 1 is 1.05 bits per heavy atom. The molecule has 0 spiro atoms. The molecular weight excluding hydrogens is 232 g/mol. The molecule has 3 rings (SSSR count). The van der Waals surface area contributed by atoms with Crippen molar-refractivity contribution in [3.05, 3.63) is 35.4 Å². The van der Waals surface area contributed by atoms with Crippen molar-refractivity contribution in [3.63, 3.8) is 0 Å². The largest absolute Gasteiger partial charge is 0.299 e. The molecule has 2 fully saturated rings. The van der Waals surface area contributed by atoms with Gasteiger partial charge in [-0.25, -0.2) is 0 Å². The summed E-state index contributed by atoms with van der Waals surface area (Å²) in [6.45, 7) is 8.59. The smallest absolute Gasteiger partial charge is 0.0237 e. The molecule has 2 saturated heterocycles. The number of likely N-dealkylation sites (tertiary alicyclic amines) is 2. The van der Waals surface area contributed by atoms with Crippen molar-refractivity contribution in [1.82, 2.24) is 9.80 Å². The molecule has 0 aromatic heterocycles. The van der Waals surface area contributed by atoms with E-state index in [0.29, 0.717) is 0 Å². The first kappa shape index (κ1) is 13.1. The Hall–Kier alpha value is -0.860. The lowest BCUT2D eigenvalue weighted by atomic mass is 10.0. The fourth-order valence-corrected chi connectivity index (χ4v) is 3.61. The second-order valence-corrected chi connectivity index (χ2v) is 6.20. The second-order valence-electron chi connectivity index (χ2n) is 6.20. The van der Waals surface area contributed by atoms with Gasteiger partial charge in [-0.1, -0.05) is 24.3 Å².